The van der Waals surface area contributed by atoms with Crippen LogP contribution in [-0.4, -0.2) is 18.3 Å². The van der Waals surface area contributed by atoms with Crippen molar-refractivity contribution in [3.05, 3.63) is 23.8 Å². The molecule has 0 bridgehead atoms. The van der Waals surface area contributed by atoms with E-state index in [0.717, 1.165) is 5.56 Å². The number of nitrogens with one attached hydrogen (secondary N) is 1. The molecule has 0 saturated heterocycles. The van der Waals surface area contributed by atoms with E-state index in [1.165, 1.54) is 19.3 Å². The van der Waals surface area contributed by atoms with Crippen molar-refractivity contribution >= 4 is 0 Å². The second-order valence-corrected chi connectivity index (χ2v) is 6.42. The van der Waals surface area contributed by atoms with Gasteiger partial charge in [-0.3, -0.25) is 0 Å². The number of aromatic hydroxyl groups is 1. The fraction of sp³-hybridized carbons (Fsp3) is 0.625. The highest BCUT2D eigenvalue weighted by Crippen LogP contribution is 2.38. The average molecular weight is 263 g/mol. The first-order valence-electron chi connectivity index (χ1n) is 7.04. The van der Waals surface area contributed by atoms with E-state index >= 15 is 0 Å². The summed E-state index contributed by atoms with van der Waals surface area (Å²) in [6, 6.07) is 6.21. The van der Waals surface area contributed by atoms with E-state index in [1.807, 2.05) is 12.1 Å². The van der Waals surface area contributed by atoms with Crippen molar-refractivity contribution in [2.75, 3.05) is 7.11 Å². The SMILES string of the molecule is COc1ccc(C(C)NC2CCC(C)(C)C2)c(O)c1. The predicted molar refractivity (Wildman–Crippen MR) is 77.6 cm³/mol. The van der Waals surface area contributed by atoms with Gasteiger partial charge in [0.1, 0.15) is 11.5 Å². The molecule has 0 aliphatic heterocycles. The van der Waals surface area contributed by atoms with Crippen LogP contribution < -0.4 is 10.1 Å². The van der Waals surface area contributed by atoms with Crippen LogP contribution >= 0.6 is 0 Å². The maximum Gasteiger partial charge on any atom is 0.124 e. The van der Waals surface area contributed by atoms with Gasteiger partial charge in [-0.05, 0) is 37.7 Å². The summed E-state index contributed by atoms with van der Waals surface area (Å²) >= 11 is 0. The number of phenolic OH excluding ortho intramolecular Hbond substituents is 1. The fourth-order valence-corrected chi connectivity index (χ4v) is 3.04. The molecule has 0 spiro atoms. The fourth-order valence-electron chi connectivity index (χ4n) is 3.04. The zero-order valence-corrected chi connectivity index (χ0v) is 12.4. The monoisotopic (exact) mass is 263 g/mol. The first kappa shape index (κ1) is 14.2. The standard InChI is InChI=1S/C16H25NO2/c1-11(17-12-7-8-16(2,3)10-12)14-6-5-13(19-4)9-15(14)18/h5-6,9,11-12,17-18H,7-8,10H2,1-4H3. The lowest BCUT2D eigenvalue weighted by atomic mass is 9.91. The van der Waals surface area contributed by atoms with Crippen molar-refractivity contribution in [2.24, 2.45) is 5.41 Å². The number of rotatable bonds is 4. The van der Waals surface area contributed by atoms with Crippen LogP contribution in [0.25, 0.3) is 0 Å². The highest BCUT2D eigenvalue weighted by molar-refractivity contribution is 5.41. The molecule has 3 nitrogen and oxygen atoms in total. The Morgan fingerprint density at radius 1 is 1.42 bits per heavy atom. The molecule has 106 valence electrons. The Morgan fingerprint density at radius 3 is 2.68 bits per heavy atom. The van der Waals surface area contributed by atoms with Crippen LogP contribution in [-0.2, 0) is 0 Å². The Labute approximate surface area is 116 Å². The molecule has 1 aliphatic rings. The molecule has 2 N–H and O–H groups in total. The molecule has 0 amide bonds. The number of phenols is 1. The molecule has 1 fully saturated rings. The van der Waals surface area contributed by atoms with Crippen LogP contribution in [0, 0.1) is 5.41 Å². The molecule has 1 aromatic carbocycles. The minimum atomic E-state index is 0.157. The number of benzene rings is 1. The van der Waals surface area contributed by atoms with Crippen molar-refractivity contribution in [1.82, 2.24) is 5.32 Å². The van der Waals surface area contributed by atoms with Crippen LogP contribution in [0.2, 0.25) is 0 Å². The van der Waals surface area contributed by atoms with Gasteiger partial charge >= 0.3 is 0 Å². The van der Waals surface area contributed by atoms with Crippen molar-refractivity contribution in [3.63, 3.8) is 0 Å². The molecule has 3 heteroatoms. The molecule has 1 aromatic rings. The summed E-state index contributed by atoms with van der Waals surface area (Å²) in [5.74, 6) is 0.993. The highest BCUT2D eigenvalue weighted by atomic mass is 16.5. The van der Waals surface area contributed by atoms with Crippen LogP contribution in [0.15, 0.2) is 18.2 Å². The van der Waals surface area contributed by atoms with Crippen molar-refractivity contribution in [1.29, 1.82) is 0 Å². The molecule has 2 atom stereocenters. The number of hydrogen-bond acceptors (Lipinski definition) is 3. The summed E-state index contributed by atoms with van der Waals surface area (Å²) < 4.78 is 5.11. The minimum Gasteiger partial charge on any atom is -0.507 e. The second kappa shape index (κ2) is 5.41. The van der Waals surface area contributed by atoms with Gasteiger partial charge in [0.2, 0.25) is 0 Å². The second-order valence-electron chi connectivity index (χ2n) is 6.42. The zero-order chi connectivity index (χ0) is 14.0. The summed E-state index contributed by atoms with van der Waals surface area (Å²) in [6.07, 6.45) is 3.69. The van der Waals surface area contributed by atoms with Gasteiger partial charge in [-0.15, -0.1) is 0 Å². The zero-order valence-electron chi connectivity index (χ0n) is 12.4. The summed E-state index contributed by atoms with van der Waals surface area (Å²) in [4.78, 5) is 0. The average Bonchev–Trinajstić information content (AvgIpc) is 2.68. The van der Waals surface area contributed by atoms with Crippen LogP contribution in [0.5, 0.6) is 11.5 Å². The van der Waals surface area contributed by atoms with Gasteiger partial charge in [0.05, 0.1) is 7.11 Å². The van der Waals surface area contributed by atoms with E-state index in [4.69, 9.17) is 4.74 Å². The maximum atomic E-state index is 10.0. The van der Waals surface area contributed by atoms with Gasteiger partial charge < -0.3 is 15.2 Å². The van der Waals surface area contributed by atoms with E-state index in [0.29, 0.717) is 23.0 Å². The van der Waals surface area contributed by atoms with Crippen LogP contribution in [0.3, 0.4) is 0 Å². The number of ether oxygens (including phenoxy) is 1. The Bertz CT molecular complexity index is 442. The molecule has 0 aromatic heterocycles. The van der Waals surface area contributed by atoms with Crippen molar-refractivity contribution in [3.8, 4) is 11.5 Å². The number of hydrogen-bond donors (Lipinski definition) is 2. The predicted octanol–water partition coefficient (Wildman–Crippen LogP) is 3.63. The lowest BCUT2D eigenvalue weighted by Crippen LogP contribution is -2.30. The summed E-state index contributed by atoms with van der Waals surface area (Å²) in [5, 5.41) is 13.7. The molecule has 1 aliphatic carbocycles. The molecule has 19 heavy (non-hydrogen) atoms. The maximum absolute atomic E-state index is 10.0. The quantitative estimate of drug-likeness (QED) is 0.871. The van der Waals surface area contributed by atoms with Gasteiger partial charge in [0, 0.05) is 23.7 Å². The van der Waals surface area contributed by atoms with Crippen molar-refractivity contribution in [2.45, 2.75) is 52.1 Å². The largest absolute Gasteiger partial charge is 0.507 e. The summed E-state index contributed by atoms with van der Waals surface area (Å²) in [5.41, 5.74) is 1.38. The summed E-state index contributed by atoms with van der Waals surface area (Å²) in [6.45, 7) is 6.75. The third kappa shape index (κ3) is 3.41. The molecular formula is C16H25NO2. The van der Waals surface area contributed by atoms with E-state index in [9.17, 15) is 5.11 Å². The lowest BCUT2D eigenvalue weighted by molar-refractivity contribution is 0.353. The van der Waals surface area contributed by atoms with Crippen LogP contribution in [0.4, 0.5) is 0 Å². The van der Waals surface area contributed by atoms with Gasteiger partial charge in [-0.25, -0.2) is 0 Å². The van der Waals surface area contributed by atoms with Crippen LogP contribution in [0.1, 0.15) is 51.6 Å². The molecule has 2 unspecified atom stereocenters. The first-order chi connectivity index (χ1) is 8.91. The van der Waals surface area contributed by atoms with Gasteiger partial charge in [-0.2, -0.15) is 0 Å². The third-order valence-electron chi connectivity index (χ3n) is 4.16. The molecule has 1 saturated carbocycles. The van der Waals surface area contributed by atoms with Gasteiger partial charge in [0.25, 0.3) is 0 Å². The first-order valence-corrected chi connectivity index (χ1v) is 7.04. The summed E-state index contributed by atoms with van der Waals surface area (Å²) in [7, 11) is 1.61. The molecular weight excluding hydrogens is 238 g/mol. The normalized spacial score (nSPS) is 23.3. The Kier molecular flexibility index (Phi) is 4.04. The molecule has 0 radical (unpaired) electrons. The molecule has 0 heterocycles. The highest BCUT2D eigenvalue weighted by Gasteiger charge is 2.31. The lowest BCUT2D eigenvalue weighted by Gasteiger charge is -2.22. The molecule has 2 rings (SSSR count). The Hall–Kier alpha value is -1.22. The van der Waals surface area contributed by atoms with E-state index < -0.39 is 0 Å². The van der Waals surface area contributed by atoms with E-state index in [2.05, 4.69) is 26.1 Å². The van der Waals surface area contributed by atoms with E-state index in [1.54, 1.807) is 13.2 Å². The topological polar surface area (TPSA) is 41.5 Å². The Morgan fingerprint density at radius 2 is 2.16 bits per heavy atom. The van der Waals surface area contributed by atoms with Gasteiger partial charge in [-0.1, -0.05) is 19.9 Å². The van der Waals surface area contributed by atoms with Crippen molar-refractivity contribution < 1.29 is 9.84 Å². The minimum absolute atomic E-state index is 0.157. The smallest absolute Gasteiger partial charge is 0.124 e. The number of methoxy groups -OCH3 is 1. The third-order valence-corrected chi connectivity index (χ3v) is 4.16. The Balaban J connectivity index is 2.02. The van der Waals surface area contributed by atoms with Gasteiger partial charge in [0.15, 0.2) is 0 Å². The van der Waals surface area contributed by atoms with E-state index in [-0.39, 0.29) is 6.04 Å².